The van der Waals surface area contributed by atoms with Crippen molar-refractivity contribution in [3.63, 3.8) is 0 Å². The molecule has 0 fully saturated rings. The van der Waals surface area contributed by atoms with Crippen LogP contribution in [0.2, 0.25) is 0 Å². The summed E-state index contributed by atoms with van der Waals surface area (Å²) in [6.07, 6.45) is 2.83. The molecule has 0 saturated heterocycles. The van der Waals surface area contributed by atoms with E-state index < -0.39 is 0 Å². The first-order chi connectivity index (χ1) is 8.24. The highest BCUT2D eigenvalue weighted by molar-refractivity contribution is 7.09. The standard InChI is InChI=1S/C13H19N3S/c1-10(2)7-14-8-11-9-15-13(16-11)6-12-4-3-5-17-12/h3-5,9-10,14H,6-8H2,1-2H3,(H,15,16). The Morgan fingerprint density at radius 1 is 1.47 bits per heavy atom. The van der Waals surface area contributed by atoms with Gasteiger partial charge in [-0.2, -0.15) is 0 Å². The molecule has 0 radical (unpaired) electrons. The van der Waals surface area contributed by atoms with Crippen molar-refractivity contribution in [2.75, 3.05) is 6.54 Å². The second-order valence-electron chi connectivity index (χ2n) is 4.64. The van der Waals surface area contributed by atoms with Gasteiger partial charge in [-0.05, 0) is 23.9 Å². The second-order valence-corrected chi connectivity index (χ2v) is 5.67. The molecule has 0 atom stereocenters. The maximum absolute atomic E-state index is 4.40. The van der Waals surface area contributed by atoms with Crippen LogP contribution in [0.3, 0.4) is 0 Å². The Bertz CT molecular complexity index is 431. The van der Waals surface area contributed by atoms with Crippen LogP contribution in [-0.2, 0) is 13.0 Å². The van der Waals surface area contributed by atoms with Crippen molar-refractivity contribution in [1.29, 1.82) is 0 Å². The molecular formula is C13H19N3S. The number of H-pyrrole nitrogens is 1. The van der Waals surface area contributed by atoms with Gasteiger partial charge in [0.05, 0.1) is 0 Å². The molecule has 2 N–H and O–H groups in total. The quantitative estimate of drug-likeness (QED) is 0.826. The lowest BCUT2D eigenvalue weighted by Gasteiger charge is -2.05. The lowest BCUT2D eigenvalue weighted by molar-refractivity contribution is 0.548. The van der Waals surface area contributed by atoms with E-state index in [2.05, 4.69) is 46.6 Å². The molecular weight excluding hydrogens is 230 g/mol. The molecule has 0 aromatic carbocycles. The molecule has 3 nitrogen and oxygen atoms in total. The summed E-state index contributed by atoms with van der Waals surface area (Å²) in [6, 6.07) is 4.22. The fourth-order valence-corrected chi connectivity index (χ4v) is 2.37. The maximum Gasteiger partial charge on any atom is 0.111 e. The third-order valence-corrected chi connectivity index (χ3v) is 3.35. The normalized spacial score (nSPS) is 11.2. The summed E-state index contributed by atoms with van der Waals surface area (Å²) in [6.45, 7) is 6.33. The van der Waals surface area contributed by atoms with Crippen LogP contribution in [0.5, 0.6) is 0 Å². The number of imidazole rings is 1. The summed E-state index contributed by atoms with van der Waals surface area (Å²) in [5, 5.41) is 5.51. The Labute approximate surface area is 106 Å². The average Bonchev–Trinajstić information content (AvgIpc) is 2.90. The highest BCUT2D eigenvalue weighted by atomic mass is 32.1. The van der Waals surface area contributed by atoms with Gasteiger partial charge in [0, 0.05) is 29.7 Å². The van der Waals surface area contributed by atoms with Crippen LogP contribution in [0.1, 0.15) is 30.2 Å². The van der Waals surface area contributed by atoms with Gasteiger partial charge >= 0.3 is 0 Å². The molecule has 92 valence electrons. The molecule has 0 unspecified atom stereocenters. The zero-order valence-electron chi connectivity index (χ0n) is 10.4. The minimum absolute atomic E-state index is 0.684. The van der Waals surface area contributed by atoms with Crippen molar-refractivity contribution in [2.45, 2.75) is 26.8 Å². The molecule has 0 saturated carbocycles. The van der Waals surface area contributed by atoms with Crippen LogP contribution in [0, 0.1) is 5.92 Å². The molecule has 17 heavy (non-hydrogen) atoms. The SMILES string of the molecule is CC(C)CNCc1cnc(Cc2cccs2)[nH]1. The number of aromatic amines is 1. The molecule has 0 aliphatic rings. The number of nitrogens with one attached hydrogen (secondary N) is 2. The van der Waals surface area contributed by atoms with E-state index in [9.17, 15) is 0 Å². The van der Waals surface area contributed by atoms with Crippen molar-refractivity contribution >= 4 is 11.3 Å². The predicted molar refractivity (Wildman–Crippen MR) is 72.3 cm³/mol. The largest absolute Gasteiger partial charge is 0.345 e. The highest BCUT2D eigenvalue weighted by Crippen LogP contribution is 2.12. The maximum atomic E-state index is 4.40. The van der Waals surface area contributed by atoms with Gasteiger partial charge < -0.3 is 10.3 Å². The van der Waals surface area contributed by atoms with Crippen LogP contribution in [0.4, 0.5) is 0 Å². The Balaban J connectivity index is 1.83. The average molecular weight is 249 g/mol. The molecule has 0 amide bonds. The van der Waals surface area contributed by atoms with Gasteiger partial charge in [-0.1, -0.05) is 19.9 Å². The Morgan fingerprint density at radius 2 is 2.35 bits per heavy atom. The lowest BCUT2D eigenvalue weighted by Crippen LogP contribution is -2.19. The number of hydrogen-bond acceptors (Lipinski definition) is 3. The molecule has 0 spiro atoms. The first kappa shape index (κ1) is 12.3. The summed E-state index contributed by atoms with van der Waals surface area (Å²) >= 11 is 1.77. The molecule has 0 bridgehead atoms. The Kier molecular flexibility index (Phi) is 4.34. The fourth-order valence-electron chi connectivity index (χ4n) is 1.66. The van der Waals surface area contributed by atoms with E-state index >= 15 is 0 Å². The molecule has 2 heterocycles. The second kappa shape index (κ2) is 5.98. The number of thiophene rings is 1. The van der Waals surface area contributed by atoms with E-state index in [4.69, 9.17) is 0 Å². The third kappa shape index (κ3) is 3.98. The Hall–Kier alpha value is -1.13. The molecule has 4 heteroatoms. The molecule has 2 rings (SSSR count). The number of hydrogen-bond donors (Lipinski definition) is 2. The van der Waals surface area contributed by atoms with Crippen LogP contribution in [-0.4, -0.2) is 16.5 Å². The van der Waals surface area contributed by atoms with E-state index in [0.717, 1.165) is 31.0 Å². The van der Waals surface area contributed by atoms with Crippen molar-refractivity contribution in [2.24, 2.45) is 5.92 Å². The number of nitrogens with zero attached hydrogens (tertiary/aromatic N) is 1. The van der Waals surface area contributed by atoms with Crippen LogP contribution < -0.4 is 5.32 Å². The van der Waals surface area contributed by atoms with Crippen LogP contribution in [0.15, 0.2) is 23.7 Å². The minimum Gasteiger partial charge on any atom is -0.345 e. The van der Waals surface area contributed by atoms with E-state index in [1.807, 2.05) is 6.20 Å². The molecule has 2 aromatic heterocycles. The topological polar surface area (TPSA) is 40.7 Å². The van der Waals surface area contributed by atoms with Gasteiger partial charge in [0.15, 0.2) is 0 Å². The first-order valence-corrected chi connectivity index (χ1v) is 6.88. The molecule has 0 aliphatic heterocycles. The zero-order chi connectivity index (χ0) is 12.1. The lowest BCUT2D eigenvalue weighted by atomic mass is 10.2. The van der Waals surface area contributed by atoms with E-state index in [0.29, 0.717) is 5.92 Å². The predicted octanol–water partition coefficient (Wildman–Crippen LogP) is 2.81. The van der Waals surface area contributed by atoms with Crippen molar-refractivity contribution in [3.05, 3.63) is 40.1 Å². The Morgan fingerprint density at radius 3 is 3.06 bits per heavy atom. The molecule has 2 aromatic rings. The summed E-state index contributed by atoms with van der Waals surface area (Å²) < 4.78 is 0. The van der Waals surface area contributed by atoms with Crippen LogP contribution in [0.25, 0.3) is 0 Å². The van der Waals surface area contributed by atoms with Crippen molar-refractivity contribution in [3.8, 4) is 0 Å². The van der Waals surface area contributed by atoms with Crippen molar-refractivity contribution < 1.29 is 0 Å². The first-order valence-electron chi connectivity index (χ1n) is 6.00. The van der Waals surface area contributed by atoms with Crippen molar-refractivity contribution in [1.82, 2.24) is 15.3 Å². The summed E-state index contributed by atoms with van der Waals surface area (Å²) in [5.41, 5.74) is 1.16. The zero-order valence-corrected chi connectivity index (χ0v) is 11.2. The fraction of sp³-hybridized carbons (Fsp3) is 0.462. The monoisotopic (exact) mass is 249 g/mol. The van der Waals surface area contributed by atoms with Gasteiger partial charge in [0.1, 0.15) is 5.82 Å². The number of aromatic nitrogens is 2. The van der Waals surface area contributed by atoms with Gasteiger partial charge in [0.2, 0.25) is 0 Å². The summed E-state index contributed by atoms with van der Waals surface area (Å²) in [7, 11) is 0. The van der Waals surface area contributed by atoms with Gasteiger partial charge in [-0.15, -0.1) is 11.3 Å². The third-order valence-electron chi connectivity index (χ3n) is 2.47. The summed E-state index contributed by atoms with van der Waals surface area (Å²) in [4.78, 5) is 9.11. The van der Waals surface area contributed by atoms with Gasteiger partial charge in [-0.3, -0.25) is 0 Å². The van der Waals surface area contributed by atoms with Gasteiger partial charge in [-0.25, -0.2) is 4.98 Å². The smallest absolute Gasteiger partial charge is 0.111 e. The number of rotatable bonds is 6. The summed E-state index contributed by atoms with van der Waals surface area (Å²) in [5.74, 6) is 1.73. The van der Waals surface area contributed by atoms with E-state index in [-0.39, 0.29) is 0 Å². The van der Waals surface area contributed by atoms with E-state index in [1.165, 1.54) is 4.88 Å². The minimum atomic E-state index is 0.684. The van der Waals surface area contributed by atoms with Gasteiger partial charge in [0.25, 0.3) is 0 Å². The van der Waals surface area contributed by atoms with E-state index in [1.54, 1.807) is 11.3 Å². The highest BCUT2D eigenvalue weighted by Gasteiger charge is 2.03. The van der Waals surface area contributed by atoms with Crippen LogP contribution >= 0.6 is 11.3 Å². The molecule has 0 aliphatic carbocycles.